The highest BCUT2D eigenvalue weighted by atomic mass is 19.4. The number of alkyl halides is 3. The van der Waals surface area contributed by atoms with Crippen molar-refractivity contribution in [3.05, 3.63) is 34.9 Å². The van der Waals surface area contributed by atoms with E-state index >= 15 is 0 Å². The fourth-order valence-electron chi connectivity index (χ4n) is 1.17. The van der Waals surface area contributed by atoms with Crippen molar-refractivity contribution in [3.8, 4) is 0 Å². The second-order valence-corrected chi connectivity index (χ2v) is 3.09. The van der Waals surface area contributed by atoms with Gasteiger partial charge in [0.15, 0.2) is 5.78 Å². The molecule has 0 aliphatic rings. The van der Waals surface area contributed by atoms with E-state index in [2.05, 4.69) is 0 Å². The minimum absolute atomic E-state index is 0.00176. The molecular weight excluding hydrogens is 231 g/mol. The normalized spacial score (nSPS) is 11.6. The fraction of sp³-hybridized carbons (Fsp3) is 0.300. The van der Waals surface area contributed by atoms with Crippen LogP contribution < -0.4 is 0 Å². The van der Waals surface area contributed by atoms with E-state index in [-0.39, 0.29) is 18.6 Å². The first-order chi connectivity index (χ1) is 7.27. The number of Topliss-reactive ketones (excluding diaryl/α,β-unsaturated/α-hetero) is 1. The minimum Gasteiger partial charge on any atom is -0.294 e. The van der Waals surface area contributed by atoms with Crippen molar-refractivity contribution >= 4 is 5.78 Å². The standard InChI is InChI=1S/C10H7F5O/c1-2-9(16)5-3-8(12)6(4-7(5)11)10(13,14)15/h3-4H,2H2,1H3. The van der Waals surface area contributed by atoms with Crippen LogP contribution in [-0.2, 0) is 6.18 Å². The Labute approximate surface area is 87.9 Å². The second kappa shape index (κ2) is 4.19. The van der Waals surface area contributed by atoms with Crippen LogP contribution in [0.4, 0.5) is 22.0 Å². The smallest absolute Gasteiger partial charge is 0.294 e. The van der Waals surface area contributed by atoms with E-state index in [0.717, 1.165) is 0 Å². The maximum absolute atomic E-state index is 13.1. The van der Waals surface area contributed by atoms with Crippen LogP contribution in [-0.4, -0.2) is 5.78 Å². The maximum Gasteiger partial charge on any atom is 0.419 e. The molecular formula is C10H7F5O. The van der Waals surface area contributed by atoms with Gasteiger partial charge < -0.3 is 0 Å². The van der Waals surface area contributed by atoms with E-state index in [4.69, 9.17) is 0 Å². The van der Waals surface area contributed by atoms with E-state index in [9.17, 15) is 26.7 Å². The number of halogens is 5. The van der Waals surface area contributed by atoms with Crippen molar-refractivity contribution in [1.29, 1.82) is 0 Å². The van der Waals surface area contributed by atoms with Crippen LogP contribution in [0.3, 0.4) is 0 Å². The lowest BCUT2D eigenvalue weighted by molar-refractivity contribution is -0.140. The highest BCUT2D eigenvalue weighted by Crippen LogP contribution is 2.32. The molecule has 0 N–H and O–H groups in total. The molecule has 0 saturated carbocycles. The first-order valence-corrected chi connectivity index (χ1v) is 4.36. The fourth-order valence-corrected chi connectivity index (χ4v) is 1.17. The van der Waals surface area contributed by atoms with Gasteiger partial charge in [0, 0.05) is 6.42 Å². The van der Waals surface area contributed by atoms with Gasteiger partial charge in [-0.3, -0.25) is 4.79 Å². The summed E-state index contributed by atoms with van der Waals surface area (Å²) in [6.45, 7) is 1.40. The number of ketones is 1. The van der Waals surface area contributed by atoms with E-state index in [0.29, 0.717) is 0 Å². The van der Waals surface area contributed by atoms with Crippen LogP contribution in [0, 0.1) is 11.6 Å². The monoisotopic (exact) mass is 238 g/mol. The molecule has 88 valence electrons. The third-order valence-corrected chi connectivity index (χ3v) is 1.98. The predicted octanol–water partition coefficient (Wildman–Crippen LogP) is 3.58. The Morgan fingerprint density at radius 1 is 1.19 bits per heavy atom. The molecule has 0 heterocycles. The Bertz CT molecular complexity index is 422. The predicted molar refractivity (Wildman–Crippen MR) is 46.0 cm³/mol. The van der Waals surface area contributed by atoms with Crippen molar-refractivity contribution in [3.63, 3.8) is 0 Å². The molecule has 0 spiro atoms. The Morgan fingerprint density at radius 2 is 1.75 bits per heavy atom. The molecule has 1 nitrogen and oxygen atoms in total. The van der Waals surface area contributed by atoms with Crippen molar-refractivity contribution in [1.82, 2.24) is 0 Å². The summed E-state index contributed by atoms with van der Waals surface area (Å²) in [5.41, 5.74) is -2.37. The summed E-state index contributed by atoms with van der Waals surface area (Å²) in [5, 5.41) is 0. The quantitative estimate of drug-likeness (QED) is 0.568. The molecule has 0 aliphatic carbocycles. The summed E-state index contributed by atoms with van der Waals surface area (Å²) >= 11 is 0. The van der Waals surface area contributed by atoms with E-state index in [1.807, 2.05) is 0 Å². The second-order valence-electron chi connectivity index (χ2n) is 3.09. The Kier molecular flexibility index (Phi) is 3.30. The van der Waals surface area contributed by atoms with Gasteiger partial charge in [0.1, 0.15) is 11.6 Å². The summed E-state index contributed by atoms with van der Waals surface area (Å²) in [7, 11) is 0. The van der Waals surface area contributed by atoms with E-state index in [1.165, 1.54) is 6.92 Å². The topological polar surface area (TPSA) is 17.1 Å². The van der Waals surface area contributed by atoms with Gasteiger partial charge >= 0.3 is 6.18 Å². The van der Waals surface area contributed by atoms with Crippen LogP contribution in [0.1, 0.15) is 29.3 Å². The van der Waals surface area contributed by atoms with Gasteiger partial charge in [-0.05, 0) is 12.1 Å². The molecule has 0 amide bonds. The third kappa shape index (κ3) is 2.37. The van der Waals surface area contributed by atoms with Gasteiger partial charge in [0.05, 0.1) is 11.1 Å². The summed E-state index contributed by atoms with van der Waals surface area (Å²) < 4.78 is 62.5. The Hall–Kier alpha value is -1.46. The number of carbonyl (C=O) groups is 1. The van der Waals surface area contributed by atoms with Crippen molar-refractivity contribution in [2.75, 3.05) is 0 Å². The Morgan fingerprint density at radius 3 is 2.19 bits per heavy atom. The molecule has 0 bridgehead atoms. The number of benzene rings is 1. The zero-order chi connectivity index (χ0) is 12.5. The molecule has 1 aromatic rings. The summed E-state index contributed by atoms with van der Waals surface area (Å²) in [4.78, 5) is 11.1. The van der Waals surface area contributed by atoms with Crippen LogP contribution >= 0.6 is 0 Å². The third-order valence-electron chi connectivity index (χ3n) is 1.98. The van der Waals surface area contributed by atoms with Gasteiger partial charge in [-0.25, -0.2) is 8.78 Å². The average molecular weight is 238 g/mol. The lowest BCUT2D eigenvalue weighted by Gasteiger charge is -2.09. The van der Waals surface area contributed by atoms with Crippen LogP contribution in [0.25, 0.3) is 0 Å². The summed E-state index contributed by atoms with van der Waals surface area (Å²) in [6, 6.07) is 0.280. The van der Waals surface area contributed by atoms with Crippen molar-refractivity contribution in [2.45, 2.75) is 19.5 Å². The minimum atomic E-state index is -4.97. The number of rotatable bonds is 2. The molecule has 0 saturated heterocycles. The van der Waals surface area contributed by atoms with Crippen molar-refractivity contribution in [2.24, 2.45) is 0 Å². The summed E-state index contributed by atoms with van der Waals surface area (Å²) in [5.74, 6) is -3.75. The highest BCUT2D eigenvalue weighted by Gasteiger charge is 2.35. The SMILES string of the molecule is CCC(=O)c1cc(F)c(C(F)(F)F)cc1F. The largest absolute Gasteiger partial charge is 0.419 e. The number of carbonyl (C=O) groups excluding carboxylic acids is 1. The molecule has 0 fully saturated rings. The molecule has 16 heavy (non-hydrogen) atoms. The lowest BCUT2D eigenvalue weighted by Crippen LogP contribution is -2.11. The molecule has 0 atom stereocenters. The molecule has 1 aromatic carbocycles. The van der Waals surface area contributed by atoms with Crippen LogP contribution in [0.5, 0.6) is 0 Å². The molecule has 0 radical (unpaired) electrons. The average Bonchev–Trinajstić information content (AvgIpc) is 2.18. The zero-order valence-electron chi connectivity index (χ0n) is 8.16. The molecule has 0 unspecified atom stereocenters. The van der Waals surface area contributed by atoms with Gasteiger partial charge in [0.25, 0.3) is 0 Å². The Balaban J connectivity index is 3.33. The van der Waals surface area contributed by atoms with Gasteiger partial charge in [-0.15, -0.1) is 0 Å². The van der Waals surface area contributed by atoms with E-state index < -0.39 is 34.7 Å². The van der Waals surface area contributed by atoms with Gasteiger partial charge in [-0.2, -0.15) is 13.2 Å². The molecule has 0 aromatic heterocycles. The van der Waals surface area contributed by atoms with Crippen LogP contribution in [0.15, 0.2) is 12.1 Å². The van der Waals surface area contributed by atoms with Crippen LogP contribution in [0.2, 0.25) is 0 Å². The highest BCUT2D eigenvalue weighted by molar-refractivity contribution is 5.96. The van der Waals surface area contributed by atoms with Gasteiger partial charge in [0.2, 0.25) is 0 Å². The number of hydrogen-bond donors (Lipinski definition) is 0. The lowest BCUT2D eigenvalue weighted by atomic mass is 10.0. The summed E-state index contributed by atoms with van der Waals surface area (Å²) in [6.07, 6.45) is -5.08. The molecule has 0 aliphatic heterocycles. The van der Waals surface area contributed by atoms with E-state index in [1.54, 1.807) is 0 Å². The van der Waals surface area contributed by atoms with Crippen molar-refractivity contribution < 1.29 is 26.7 Å². The maximum atomic E-state index is 13.1. The molecule has 1 rings (SSSR count). The van der Waals surface area contributed by atoms with Gasteiger partial charge in [-0.1, -0.05) is 6.92 Å². The number of hydrogen-bond acceptors (Lipinski definition) is 1. The first-order valence-electron chi connectivity index (χ1n) is 4.36. The first kappa shape index (κ1) is 12.6. The molecule has 6 heteroatoms. The zero-order valence-corrected chi connectivity index (χ0v) is 8.16.